The van der Waals surface area contributed by atoms with E-state index in [1.807, 2.05) is 17.8 Å². The normalized spacial score (nSPS) is 37.1. The summed E-state index contributed by atoms with van der Waals surface area (Å²) in [7, 11) is 1.70. The highest BCUT2D eigenvalue weighted by atomic mass is 32.2. The largest absolute Gasteiger partial charge is 0.448 e. The first-order valence-electron chi connectivity index (χ1n) is 15.3. The van der Waals surface area contributed by atoms with Crippen molar-refractivity contribution >= 4 is 28.9 Å². The molecule has 1 aliphatic heterocycles. The number of carbonyl (C=O) groups excluding carboxylic acids is 2. The number of ether oxygens (including phenoxy) is 1. The summed E-state index contributed by atoms with van der Waals surface area (Å²) in [5, 5.41) is 25.6. The van der Waals surface area contributed by atoms with Crippen LogP contribution in [-0.2, 0) is 20.7 Å². The third-order valence-corrected chi connectivity index (χ3v) is 12.2. The number of alkyl halides is 1. The van der Waals surface area contributed by atoms with Gasteiger partial charge in [-0.25, -0.2) is 18.3 Å². The molecule has 234 valence electrons. The standard InChI is InChI=1S/C32H37F2N5O4S/c1-30-13-18-15-35-39(21-7-5-20(34)6-8-21)25(18)12-19(30)4-9-22-23-10-11-32(29(42)44-17-33,31(23,2)14-26(40)27(22)30)43-28(41)24-16-38(3)37-36-24/h5-8,12,15,22-24,26-27,40H,4,9-11,13-14,16-17H2,1-3H3/t22-,23-,24?,26-,27+,30-,31-,32-/m0/s1. The number of aliphatic hydroxyl groups is 1. The van der Waals surface area contributed by atoms with Crippen LogP contribution in [0.4, 0.5) is 8.78 Å². The van der Waals surface area contributed by atoms with Crippen LogP contribution in [-0.4, -0.2) is 68.3 Å². The second kappa shape index (κ2) is 10.5. The van der Waals surface area contributed by atoms with Crippen LogP contribution in [0.1, 0.15) is 57.2 Å². The number of fused-ring (bicyclic) bond motifs is 6. The molecule has 2 heterocycles. The van der Waals surface area contributed by atoms with E-state index in [1.165, 1.54) is 22.7 Å². The summed E-state index contributed by atoms with van der Waals surface area (Å²) in [6, 6.07) is 4.52. The fraction of sp³-hybridized carbons (Fsp3) is 0.594. The number of allylic oxidation sites excluding steroid dienone is 1. The molecule has 1 aromatic heterocycles. The number of nitrogens with zero attached hydrogens (tertiary/aromatic N) is 5. The van der Waals surface area contributed by atoms with Gasteiger partial charge in [0, 0.05) is 12.5 Å². The Morgan fingerprint density at radius 3 is 2.68 bits per heavy atom. The van der Waals surface area contributed by atoms with Gasteiger partial charge in [-0.05, 0) is 109 Å². The maximum atomic E-state index is 13.7. The molecule has 7 rings (SSSR count). The molecule has 5 aliphatic rings. The molecule has 1 N–H and O–H groups in total. The quantitative estimate of drug-likeness (QED) is 0.449. The lowest BCUT2D eigenvalue weighted by Gasteiger charge is -2.60. The smallest absolute Gasteiger partial charge is 0.335 e. The van der Waals surface area contributed by atoms with E-state index in [0.717, 1.165) is 29.8 Å². The lowest BCUT2D eigenvalue weighted by atomic mass is 9.45. The lowest BCUT2D eigenvalue weighted by molar-refractivity contribution is -0.197. The number of aliphatic hydroxyl groups excluding tert-OH is 1. The van der Waals surface area contributed by atoms with Gasteiger partial charge in [-0.1, -0.05) is 24.6 Å². The van der Waals surface area contributed by atoms with Gasteiger partial charge in [0.05, 0.1) is 30.2 Å². The Balaban J connectivity index is 1.21. The van der Waals surface area contributed by atoms with Gasteiger partial charge in [-0.3, -0.25) is 9.80 Å². The van der Waals surface area contributed by atoms with Crippen LogP contribution < -0.4 is 0 Å². The molecule has 8 atom stereocenters. The summed E-state index contributed by atoms with van der Waals surface area (Å²) in [5.41, 5.74) is 1.34. The van der Waals surface area contributed by atoms with Crippen molar-refractivity contribution in [3.8, 4) is 5.69 Å². The van der Waals surface area contributed by atoms with Crippen LogP contribution in [0.15, 0.2) is 46.4 Å². The molecule has 1 aromatic carbocycles. The average Bonchev–Trinajstić information content (AvgIpc) is 3.67. The molecule has 3 fully saturated rings. The van der Waals surface area contributed by atoms with E-state index in [1.54, 1.807) is 19.2 Å². The molecule has 2 aromatic rings. The molecule has 0 saturated heterocycles. The monoisotopic (exact) mass is 625 g/mol. The molecule has 4 aliphatic carbocycles. The summed E-state index contributed by atoms with van der Waals surface area (Å²) in [6.07, 6.45) is 6.83. The molecule has 12 heteroatoms. The molecule has 0 spiro atoms. The Morgan fingerprint density at radius 2 is 1.98 bits per heavy atom. The number of aromatic nitrogens is 2. The van der Waals surface area contributed by atoms with E-state index >= 15 is 0 Å². The van der Waals surface area contributed by atoms with E-state index in [2.05, 4.69) is 28.4 Å². The maximum absolute atomic E-state index is 13.7. The van der Waals surface area contributed by atoms with Crippen molar-refractivity contribution in [2.45, 2.75) is 70.1 Å². The van der Waals surface area contributed by atoms with Gasteiger partial charge >= 0.3 is 5.97 Å². The SMILES string of the molecule is CN1CC(C(=O)O[C@]2(C(=O)SCF)CC[C@H]3[C@@H]4CCC5=Cc6c(cnn6-c6ccc(F)cc6)C[C@]5(C)[C@H]4[C@@H](O)C[C@@]32C)N=N1. The van der Waals surface area contributed by atoms with E-state index in [-0.39, 0.29) is 48.4 Å². The van der Waals surface area contributed by atoms with E-state index in [4.69, 9.17) is 4.74 Å². The minimum Gasteiger partial charge on any atom is -0.448 e. The van der Waals surface area contributed by atoms with Crippen molar-refractivity contribution in [1.82, 2.24) is 14.8 Å². The molecule has 1 unspecified atom stereocenters. The fourth-order valence-corrected chi connectivity index (χ4v) is 10.2. The first-order valence-corrected chi connectivity index (χ1v) is 16.3. The summed E-state index contributed by atoms with van der Waals surface area (Å²) >= 11 is 0.540. The van der Waals surface area contributed by atoms with Crippen LogP contribution in [0, 0.1) is 34.4 Å². The highest BCUT2D eigenvalue weighted by Gasteiger charge is 2.71. The molecule has 44 heavy (non-hydrogen) atoms. The van der Waals surface area contributed by atoms with Crippen molar-refractivity contribution in [1.29, 1.82) is 0 Å². The van der Waals surface area contributed by atoms with Gasteiger partial charge < -0.3 is 9.84 Å². The Labute approximate surface area is 259 Å². The molecule has 0 amide bonds. The Bertz CT molecular complexity index is 1560. The van der Waals surface area contributed by atoms with Gasteiger partial charge in [-0.15, -0.1) is 0 Å². The predicted molar refractivity (Wildman–Crippen MR) is 160 cm³/mol. The molecule has 3 saturated carbocycles. The van der Waals surface area contributed by atoms with Crippen molar-refractivity contribution in [3.05, 3.63) is 53.1 Å². The first kappa shape index (κ1) is 29.6. The number of halogens is 2. The summed E-state index contributed by atoms with van der Waals surface area (Å²) < 4.78 is 35.2. The van der Waals surface area contributed by atoms with Crippen LogP contribution in [0.2, 0.25) is 0 Å². The number of hydrogen-bond acceptors (Lipinski definition) is 9. The zero-order chi connectivity index (χ0) is 31.0. The summed E-state index contributed by atoms with van der Waals surface area (Å²) in [5.74, 6) is -0.924. The van der Waals surface area contributed by atoms with Crippen LogP contribution in [0.3, 0.4) is 0 Å². The van der Waals surface area contributed by atoms with Crippen molar-refractivity contribution < 1.29 is 28.2 Å². The topological polar surface area (TPSA) is 109 Å². The lowest BCUT2D eigenvalue weighted by Crippen LogP contribution is -2.63. The second-order valence-corrected chi connectivity index (χ2v) is 14.5. The van der Waals surface area contributed by atoms with Crippen molar-refractivity contribution in [3.63, 3.8) is 0 Å². The molecule has 0 radical (unpaired) electrons. The van der Waals surface area contributed by atoms with Gasteiger partial charge in [0.2, 0.25) is 5.12 Å². The third-order valence-electron chi connectivity index (χ3n) is 11.5. The second-order valence-electron chi connectivity index (χ2n) is 13.6. The summed E-state index contributed by atoms with van der Waals surface area (Å²) in [6.45, 7) is 4.43. The van der Waals surface area contributed by atoms with Gasteiger partial charge in [0.25, 0.3) is 0 Å². The summed E-state index contributed by atoms with van der Waals surface area (Å²) in [4.78, 5) is 27.1. The van der Waals surface area contributed by atoms with Crippen LogP contribution >= 0.6 is 11.8 Å². The molecule has 9 nitrogen and oxygen atoms in total. The van der Waals surface area contributed by atoms with Gasteiger partial charge in [0.1, 0.15) is 11.8 Å². The van der Waals surface area contributed by atoms with Crippen molar-refractivity contribution in [2.24, 2.45) is 38.9 Å². The predicted octanol–water partition coefficient (Wildman–Crippen LogP) is 5.31. The Kier molecular flexibility index (Phi) is 7.04. The number of likely N-dealkylation sites (N-methyl/N-ethyl adjacent to an activating group) is 1. The first-order chi connectivity index (χ1) is 21.0. The Hall–Kier alpha value is -3.12. The zero-order valence-corrected chi connectivity index (χ0v) is 25.9. The van der Waals surface area contributed by atoms with Crippen LogP contribution in [0.5, 0.6) is 0 Å². The van der Waals surface area contributed by atoms with Gasteiger partial charge in [-0.2, -0.15) is 10.2 Å². The fourth-order valence-electron chi connectivity index (χ4n) is 9.51. The third kappa shape index (κ3) is 4.23. The average molecular weight is 626 g/mol. The number of hydrogen-bond donors (Lipinski definition) is 1. The molecule has 0 bridgehead atoms. The number of esters is 1. The molecular formula is C32H37F2N5O4S. The minimum atomic E-state index is -1.55. The zero-order valence-electron chi connectivity index (χ0n) is 25.1. The molecular weight excluding hydrogens is 588 g/mol. The van der Waals surface area contributed by atoms with Crippen LogP contribution in [0.25, 0.3) is 11.8 Å². The van der Waals surface area contributed by atoms with E-state index in [9.17, 15) is 23.5 Å². The number of thioether (sulfide) groups is 1. The minimum absolute atomic E-state index is 0.00227. The maximum Gasteiger partial charge on any atom is 0.335 e. The highest BCUT2D eigenvalue weighted by molar-refractivity contribution is 8.13. The van der Waals surface area contributed by atoms with Gasteiger partial charge in [0.15, 0.2) is 11.6 Å². The number of carbonyl (C=O) groups is 2. The highest BCUT2D eigenvalue weighted by Crippen LogP contribution is 2.69. The van der Waals surface area contributed by atoms with Crippen molar-refractivity contribution in [2.75, 3.05) is 19.6 Å². The number of rotatable bonds is 5. The van der Waals surface area contributed by atoms with E-state index in [0.29, 0.717) is 24.6 Å². The Morgan fingerprint density at radius 1 is 1.20 bits per heavy atom. The van der Waals surface area contributed by atoms with E-state index < -0.39 is 40.3 Å². The number of benzene rings is 1.